The van der Waals surface area contributed by atoms with E-state index in [9.17, 15) is 18.0 Å². The molecule has 0 saturated carbocycles. The van der Waals surface area contributed by atoms with E-state index in [1.54, 1.807) is 6.92 Å². The highest BCUT2D eigenvalue weighted by atomic mass is 19.4. The minimum absolute atomic E-state index is 0.168. The van der Waals surface area contributed by atoms with Gasteiger partial charge in [0, 0.05) is 0 Å². The topological polar surface area (TPSA) is 33.5 Å². The Morgan fingerprint density at radius 2 is 1.81 bits per heavy atom. The molecule has 1 fully saturated rings. The summed E-state index contributed by atoms with van der Waals surface area (Å²) >= 11 is 0. The highest BCUT2D eigenvalue weighted by Gasteiger charge is 2.34. The van der Waals surface area contributed by atoms with Crippen molar-refractivity contribution in [2.24, 2.45) is 0 Å². The molecule has 1 aliphatic heterocycles. The van der Waals surface area contributed by atoms with Crippen molar-refractivity contribution in [3.05, 3.63) is 29.8 Å². The molecule has 0 unspecified atom stereocenters. The number of alkyl halides is 3. The first-order valence-corrected chi connectivity index (χ1v) is 7.21. The van der Waals surface area contributed by atoms with E-state index in [-0.39, 0.29) is 17.6 Å². The molecule has 0 spiro atoms. The van der Waals surface area contributed by atoms with Gasteiger partial charge in [-0.1, -0.05) is 12.1 Å². The summed E-state index contributed by atoms with van der Waals surface area (Å²) in [5.74, 6) is -0.358. The number of benzene rings is 1. The zero-order valence-corrected chi connectivity index (χ0v) is 12.0. The molecule has 1 aromatic carbocycles. The standard InChI is InChI=1S/C15H19F3N2O/c1-11(20-9-5-2-6-10-20)14(21)19-13-8-4-3-7-12(13)15(16,17)18/h3-4,7-8,11H,2,5-6,9-10H2,1H3,(H,19,21)/p+1/t11-/m1/s1. The summed E-state index contributed by atoms with van der Waals surface area (Å²) in [4.78, 5) is 13.3. The highest BCUT2D eigenvalue weighted by molar-refractivity contribution is 5.94. The summed E-state index contributed by atoms with van der Waals surface area (Å²) in [6.45, 7) is 3.57. The molecule has 1 aromatic rings. The lowest BCUT2D eigenvalue weighted by molar-refractivity contribution is -0.918. The predicted molar refractivity (Wildman–Crippen MR) is 74.1 cm³/mol. The Labute approximate surface area is 122 Å². The molecule has 1 saturated heterocycles. The van der Waals surface area contributed by atoms with Gasteiger partial charge < -0.3 is 10.2 Å². The summed E-state index contributed by atoms with van der Waals surface area (Å²) in [5, 5.41) is 2.43. The van der Waals surface area contributed by atoms with E-state index < -0.39 is 11.7 Å². The third kappa shape index (κ3) is 3.97. The molecule has 2 rings (SSSR count). The Kier molecular flexibility index (Phi) is 4.88. The van der Waals surface area contributed by atoms with Crippen LogP contribution in [0.1, 0.15) is 31.7 Å². The summed E-state index contributed by atoms with van der Waals surface area (Å²) in [6, 6.07) is 4.74. The number of halogens is 3. The maximum Gasteiger partial charge on any atom is 0.418 e. The minimum Gasteiger partial charge on any atom is -0.325 e. The van der Waals surface area contributed by atoms with E-state index in [2.05, 4.69) is 5.32 Å². The number of para-hydroxylation sites is 1. The Hall–Kier alpha value is -1.56. The average molecular weight is 301 g/mol. The zero-order chi connectivity index (χ0) is 15.5. The van der Waals surface area contributed by atoms with Crippen molar-refractivity contribution in [1.29, 1.82) is 0 Å². The van der Waals surface area contributed by atoms with Gasteiger partial charge in [-0.05, 0) is 38.3 Å². The first-order valence-electron chi connectivity index (χ1n) is 7.21. The van der Waals surface area contributed by atoms with Gasteiger partial charge in [0.05, 0.1) is 24.3 Å². The van der Waals surface area contributed by atoms with E-state index >= 15 is 0 Å². The van der Waals surface area contributed by atoms with E-state index in [1.165, 1.54) is 18.2 Å². The highest BCUT2D eigenvalue weighted by Crippen LogP contribution is 2.34. The molecule has 2 N–H and O–H groups in total. The van der Waals surface area contributed by atoms with Crippen molar-refractivity contribution >= 4 is 11.6 Å². The molecule has 1 atom stereocenters. The van der Waals surface area contributed by atoms with Gasteiger partial charge in [0.15, 0.2) is 6.04 Å². The zero-order valence-electron chi connectivity index (χ0n) is 12.0. The van der Waals surface area contributed by atoms with Crippen LogP contribution in [0.3, 0.4) is 0 Å². The van der Waals surface area contributed by atoms with Crippen LogP contribution in [-0.2, 0) is 11.0 Å². The Bertz CT molecular complexity index is 496. The number of likely N-dealkylation sites (tertiary alicyclic amines) is 1. The second-order valence-corrected chi connectivity index (χ2v) is 5.47. The van der Waals surface area contributed by atoms with Crippen LogP contribution >= 0.6 is 0 Å². The Morgan fingerprint density at radius 3 is 2.43 bits per heavy atom. The molecule has 1 aliphatic rings. The fraction of sp³-hybridized carbons (Fsp3) is 0.533. The number of rotatable bonds is 3. The van der Waals surface area contributed by atoms with Crippen LogP contribution < -0.4 is 10.2 Å². The van der Waals surface area contributed by atoms with Gasteiger partial charge in [-0.2, -0.15) is 13.2 Å². The smallest absolute Gasteiger partial charge is 0.325 e. The first-order chi connectivity index (χ1) is 9.89. The van der Waals surface area contributed by atoms with Crippen LogP contribution in [-0.4, -0.2) is 25.0 Å². The number of carbonyl (C=O) groups is 1. The lowest BCUT2D eigenvalue weighted by Gasteiger charge is -2.28. The van der Waals surface area contributed by atoms with Gasteiger partial charge in [0.1, 0.15) is 0 Å². The normalized spacial score (nSPS) is 18.3. The fourth-order valence-corrected chi connectivity index (χ4v) is 2.70. The number of amides is 1. The number of hydrogen-bond donors (Lipinski definition) is 2. The SMILES string of the molecule is C[C@H](C(=O)Nc1ccccc1C(F)(F)F)[NH+]1CCCCC1. The van der Waals surface area contributed by atoms with Crippen molar-refractivity contribution in [2.45, 2.75) is 38.4 Å². The maximum atomic E-state index is 12.9. The molecule has 0 aliphatic carbocycles. The number of piperidine rings is 1. The van der Waals surface area contributed by atoms with E-state index in [0.29, 0.717) is 0 Å². The predicted octanol–water partition coefficient (Wildman–Crippen LogP) is 2.10. The molecular formula is C15H20F3N2O+. The summed E-state index contributed by atoms with van der Waals surface area (Å²) < 4.78 is 38.7. The van der Waals surface area contributed by atoms with Crippen molar-refractivity contribution in [3.8, 4) is 0 Å². The number of hydrogen-bond acceptors (Lipinski definition) is 1. The second-order valence-electron chi connectivity index (χ2n) is 5.47. The van der Waals surface area contributed by atoms with Gasteiger partial charge in [-0.3, -0.25) is 4.79 Å². The molecule has 6 heteroatoms. The van der Waals surface area contributed by atoms with Crippen LogP contribution in [0.2, 0.25) is 0 Å². The molecule has 1 amide bonds. The van der Waals surface area contributed by atoms with Crippen LogP contribution in [0, 0.1) is 0 Å². The molecule has 0 radical (unpaired) electrons. The monoisotopic (exact) mass is 301 g/mol. The molecule has 116 valence electrons. The van der Waals surface area contributed by atoms with E-state index in [0.717, 1.165) is 43.3 Å². The molecule has 21 heavy (non-hydrogen) atoms. The molecule has 3 nitrogen and oxygen atoms in total. The first kappa shape index (κ1) is 15.8. The lowest BCUT2D eigenvalue weighted by atomic mass is 10.1. The second kappa shape index (κ2) is 6.47. The van der Waals surface area contributed by atoms with Crippen LogP contribution in [0.5, 0.6) is 0 Å². The van der Waals surface area contributed by atoms with E-state index in [1.807, 2.05) is 0 Å². The van der Waals surface area contributed by atoms with Gasteiger partial charge in [-0.15, -0.1) is 0 Å². The number of anilines is 1. The van der Waals surface area contributed by atoms with Crippen molar-refractivity contribution in [1.82, 2.24) is 0 Å². The third-order valence-electron chi connectivity index (χ3n) is 3.99. The lowest BCUT2D eigenvalue weighted by Crippen LogP contribution is -3.17. The van der Waals surface area contributed by atoms with Crippen LogP contribution in [0.15, 0.2) is 24.3 Å². The molecule has 1 heterocycles. The average Bonchev–Trinajstić information content (AvgIpc) is 2.47. The Morgan fingerprint density at radius 1 is 1.19 bits per heavy atom. The molecule has 0 bridgehead atoms. The number of nitrogens with one attached hydrogen (secondary N) is 2. The van der Waals surface area contributed by atoms with Crippen LogP contribution in [0.25, 0.3) is 0 Å². The minimum atomic E-state index is -4.47. The van der Waals surface area contributed by atoms with Gasteiger partial charge in [-0.25, -0.2) is 0 Å². The van der Waals surface area contributed by atoms with E-state index in [4.69, 9.17) is 0 Å². The summed E-state index contributed by atoms with van der Waals surface area (Å²) in [7, 11) is 0. The fourth-order valence-electron chi connectivity index (χ4n) is 2.70. The van der Waals surface area contributed by atoms with Crippen molar-refractivity contribution in [3.63, 3.8) is 0 Å². The number of carbonyl (C=O) groups excluding carboxylic acids is 1. The largest absolute Gasteiger partial charge is 0.418 e. The third-order valence-corrected chi connectivity index (χ3v) is 3.99. The Balaban J connectivity index is 2.09. The van der Waals surface area contributed by atoms with Gasteiger partial charge in [0.2, 0.25) is 0 Å². The summed E-state index contributed by atoms with van der Waals surface area (Å²) in [5.41, 5.74) is -0.975. The van der Waals surface area contributed by atoms with Crippen LogP contribution in [0.4, 0.5) is 18.9 Å². The van der Waals surface area contributed by atoms with Crippen molar-refractivity contribution < 1.29 is 22.9 Å². The quantitative estimate of drug-likeness (QED) is 0.881. The summed E-state index contributed by atoms with van der Waals surface area (Å²) in [6.07, 6.45) is -1.18. The van der Waals surface area contributed by atoms with Crippen molar-refractivity contribution in [2.75, 3.05) is 18.4 Å². The molecular weight excluding hydrogens is 281 g/mol. The van der Waals surface area contributed by atoms with Gasteiger partial charge in [0.25, 0.3) is 5.91 Å². The number of quaternary nitrogens is 1. The molecule has 0 aromatic heterocycles. The van der Waals surface area contributed by atoms with Gasteiger partial charge >= 0.3 is 6.18 Å². The maximum absolute atomic E-state index is 12.9.